The average Bonchev–Trinajstić information content (AvgIpc) is 2.26. The number of benzene rings is 1. The van der Waals surface area contributed by atoms with E-state index in [2.05, 4.69) is 4.74 Å². The normalized spacial score (nSPS) is 10.2. The standard InChI is InChI=1S/C10H8F2O4/c11-10(12)16-8-1-6(3-13)9(5-15)7(2-8)4-14/h1-3,5,10,14H,4H2. The monoisotopic (exact) mass is 230 g/mol. The first-order chi connectivity index (χ1) is 7.62. The van der Waals surface area contributed by atoms with Gasteiger partial charge in [0, 0.05) is 11.1 Å². The third kappa shape index (κ3) is 2.60. The molecule has 0 radical (unpaired) electrons. The number of ether oxygens (including phenoxy) is 1. The predicted octanol–water partition coefficient (Wildman–Crippen LogP) is 1.41. The minimum absolute atomic E-state index is 0.0286. The molecule has 1 aromatic rings. The van der Waals surface area contributed by atoms with Gasteiger partial charge >= 0.3 is 6.61 Å². The van der Waals surface area contributed by atoms with Gasteiger partial charge in [-0.2, -0.15) is 8.78 Å². The number of aldehydes is 2. The Morgan fingerprint density at radius 3 is 2.44 bits per heavy atom. The number of carbonyl (C=O) groups is 2. The third-order valence-electron chi connectivity index (χ3n) is 1.91. The van der Waals surface area contributed by atoms with Crippen LogP contribution in [0.2, 0.25) is 0 Å². The molecule has 0 saturated carbocycles. The molecule has 0 aliphatic heterocycles. The zero-order chi connectivity index (χ0) is 12.1. The number of hydrogen-bond donors (Lipinski definition) is 1. The highest BCUT2D eigenvalue weighted by Crippen LogP contribution is 2.22. The first kappa shape index (κ1) is 12.3. The molecule has 86 valence electrons. The Morgan fingerprint density at radius 2 is 2.00 bits per heavy atom. The summed E-state index contributed by atoms with van der Waals surface area (Å²) in [6.07, 6.45) is 0.711. The number of carbonyl (C=O) groups excluding carboxylic acids is 2. The first-order valence-electron chi connectivity index (χ1n) is 4.25. The van der Waals surface area contributed by atoms with Crippen LogP contribution in [-0.2, 0) is 6.61 Å². The lowest BCUT2D eigenvalue weighted by Crippen LogP contribution is -2.05. The summed E-state index contributed by atoms with van der Waals surface area (Å²) in [5, 5.41) is 8.91. The maximum atomic E-state index is 11.9. The van der Waals surface area contributed by atoms with E-state index in [0.29, 0.717) is 12.6 Å². The van der Waals surface area contributed by atoms with Gasteiger partial charge in [-0.15, -0.1) is 0 Å². The zero-order valence-corrected chi connectivity index (χ0v) is 8.02. The van der Waals surface area contributed by atoms with Crippen LogP contribution in [0.4, 0.5) is 8.78 Å². The van der Waals surface area contributed by atoms with Gasteiger partial charge in [-0.25, -0.2) is 0 Å². The largest absolute Gasteiger partial charge is 0.435 e. The molecule has 0 atom stereocenters. The fourth-order valence-electron chi connectivity index (χ4n) is 1.25. The Bertz CT molecular complexity index is 404. The van der Waals surface area contributed by atoms with Gasteiger partial charge in [0.1, 0.15) is 5.75 Å². The fraction of sp³-hybridized carbons (Fsp3) is 0.200. The van der Waals surface area contributed by atoms with Crippen LogP contribution < -0.4 is 4.74 Å². The van der Waals surface area contributed by atoms with Gasteiger partial charge in [0.05, 0.1) is 6.61 Å². The van der Waals surface area contributed by atoms with Crippen LogP contribution in [0.15, 0.2) is 12.1 Å². The molecule has 0 fully saturated rings. The molecule has 16 heavy (non-hydrogen) atoms. The molecule has 0 amide bonds. The second-order valence-electron chi connectivity index (χ2n) is 2.86. The molecule has 0 aliphatic carbocycles. The van der Waals surface area contributed by atoms with Crippen molar-refractivity contribution in [3.8, 4) is 5.75 Å². The third-order valence-corrected chi connectivity index (χ3v) is 1.91. The molecule has 0 aliphatic rings. The summed E-state index contributed by atoms with van der Waals surface area (Å²) < 4.78 is 27.9. The number of halogens is 2. The Kier molecular flexibility index (Phi) is 4.07. The average molecular weight is 230 g/mol. The van der Waals surface area contributed by atoms with Crippen LogP contribution in [0, 0.1) is 0 Å². The summed E-state index contributed by atoms with van der Waals surface area (Å²) in [6, 6.07) is 2.10. The van der Waals surface area contributed by atoms with Gasteiger partial charge in [0.15, 0.2) is 12.6 Å². The summed E-state index contributed by atoms with van der Waals surface area (Å²) in [6.45, 7) is -3.58. The van der Waals surface area contributed by atoms with E-state index in [1.807, 2.05) is 0 Å². The fourth-order valence-corrected chi connectivity index (χ4v) is 1.25. The highest BCUT2D eigenvalue weighted by molar-refractivity contribution is 5.92. The lowest BCUT2D eigenvalue weighted by molar-refractivity contribution is -0.0499. The van der Waals surface area contributed by atoms with Crippen molar-refractivity contribution in [2.45, 2.75) is 13.2 Å². The number of aliphatic hydroxyl groups excluding tert-OH is 1. The molecule has 0 heterocycles. The van der Waals surface area contributed by atoms with Gasteiger partial charge in [-0.3, -0.25) is 9.59 Å². The lowest BCUT2D eigenvalue weighted by atomic mass is 10.0. The van der Waals surface area contributed by atoms with Crippen molar-refractivity contribution in [3.05, 3.63) is 28.8 Å². The van der Waals surface area contributed by atoms with E-state index in [0.717, 1.165) is 12.1 Å². The van der Waals surface area contributed by atoms with E-state index in [4.69, 9.17) is 5.11 Å². The molecule has 0 spiro atoms. The Hall–Kier alpha value is -1.82. The minimum Gasteiger partial charge on any atom is -0.435 e. The van der Waals surface area contributed by atoms with Crippen molar-refractivity contribution in [2.75, 3.05) is 0 Å². The molecule has 1 N–H and O–H groups in total. The number of alkyl halides is 2. The van der Waals surface area contributed by atoms with Crippen LogP contribution in [-0.4, -0.2) is 24.3 Å². The summed E-state index contributed by atoms with van der Waals surface area (Å²) >= 11 is 0. The SMILES string of the molecule is O=Cc1cc(OC(F)F)cc(CO)c1C=O. The van der Waals surface area contributed by atoms with Crippen molar-refractivity contribution in [3.63, 3.8) is 0 Å². The topological polar surface area (TPSA) is 63.6 Å². The van der Waals surface area contributed by atoms with Crippen molar-refractivity contribution in [2.24, 2.45) is 0 Å². The minimum atomic E-state index is -3.03. The smallest absolute Gasteiger partial charge is 0.387 e. The summed E-state index contributed by atoms with van der Waals surface area (Å²) in [5.74, 6) is -0.272. The Morgan fingerprint density at radius 1 is 1.31 bits per heavy atom. The van der Waals surface area contributed by atoms with E-state index in [1.165, 1.54) is 0 Å². The van der Waals surface area contributed by atoms with E-state index in [-0.39, 0.29) is 22.4 Å². The van der Waals surface area contributed by atoms with Crippen molar-refractivity contribution in [1.82, 2.24) is 0 Å². The molecule has 4 nitrogen and oxygen atoms in total. The van der Waals surface area contributed by atoms with Gasteiger partial charge < -0.3 is 9.84 Å². The van der Waals surface area contributed by atoms with Crippen molar-refractivity contribution in [1.29, 1.82) is 0 Å². The maximum Gasteiger partial charge on any atom is 0.387 e. The molecule has 1 aromatic carbocycles. The van der Waals surface area contributed by atoms with Gasteiger partial charge in [0.25, 0.3) is 0 Å². The van der Waals surface area contributed by atoms with Crippen LogP contribution in [0.25, 0.3) is 0 Å². The maximum absolute atomic E-state index is 11.9. The van der Waals surface area contributed by atoms with Crippen LogP contribution in [0.5, 0.6) is 5.75 Å². The van der Waals surface area contributed by atoms with Crippen LogP contribution in [0.1, 0.15) is 26.3 Å². The van der Waals surface area contributed by atoms with E-state index < -0.39 is 13.2 Å². The molecule has 0 saturated heterocycles. The quantitative estimate of drug-likeness (QED) is 0.776. The van der Waals surface area contributed by atoms with Gasteiger partial charge in [-0.05, 0) is 17.7 Å². The highest BCUT2D eigenvalue weighted by Gasteiger charge is 2.12. The molecule has 0 bridgehead atoms. The Labute approximate surface area is 89.5 Å². The highest BCUT2D eigenvalue weighted by atomic mass is 19.3. The van der Waals surface area contributed by atoms with Crippen molar-refractivity contribution >= 4 is 12.6 Å². The zero-order valence-electron chi connectivity index (χ0n) is 8.02. The van der Waals surface area contributed by atoms with Gasteiger partial charge in [-0.1, -0.05) is 0 Å². The molecule has 6 heteroatoms. The number of rotatable bonds is 5. The van der Waals surface area contributed by atoms with Crippen LogP contribution in [0.3, 0.4) is 0 Å². The van der Waals surface area contributed by atoms with Crippen LogP contribution >= 0.6 is 0 Å². The molecule has 1 rings (SSSR count). The van der Waals surface area contributed by atoms with E-state index >= 15 is 0 Å². The molecule has 0 unspecified atom stereocenters. The second kappa shape index (κ2) is 5.32. The predicted molar refractivity (Wildman–Crippen MR) is 49.8 cm³/mol. The van der Waals surface area contributed by atoms with E-state index in [9.17, 15) is 18.4 Å². The Balaban J connectivity index is 3.25. The number of hydrogen-bond acceptors (Lipinski definition) is 4. The number of aliphatic hydroxyl groups is 1. The molecule has 0 aromatic heterocycles. The molecular weight excluding hydrogens is 222 g/mol. The summed E-state index contributed by atoms with van der Waals surface area (Å²) in [5.41, 5.74) is -0.0634. The van der Waals surface area contributed by atoms with E-state index in [1.54, 1.807) is 0 Å². The lowest BCUT2D eigenvalue weighted by Gasteiger charge is -2.09. The summed E-state index contributed by atoms with van der Waals surface area (Å²) in [7, 11) is 0. The summed E-state index contributed by atoms with van der Waals surface area (Å²) in [4.78, 5) is 21.2. The first-order valence-corrected chi connectivity index (χ1v) is 4.25. The second-order valence-corrected chi connectivity index (χ2v) is 2.86. The van der Waals surface area contributed by atoms with Gasteiger partial charge in [0.2, 0.25) is 0 Å². The van der Waals surface area contributed by atoms with Crippen molar-refractivity contribution < 1.29 is 28.2 Å². The molecular formula is C10H8F2O4.